The van der Waals surface area contributed by atoms with Gasteiger partial charge in [-0.1, -0.05) is 28.1 Å². The SMILES string of the molecule is CCOC(=O)c1cccc(C(Br)C(C)=O)c1C. The van der Waals surface area contributed by atoms with Gasteiger partial charge in [0.1, 0.15) is 5.78 Å². The molecule has 1 aromatic carbocycles. The zero-order valence-electron chi connectivity index (χ0n) is 10.1. The van der Waals surface area contributed by atoms with E-state index in [4.69, 9.17) is 4.74 Å². The van der Waals surface area contributed by atoms with E-state index in [1.165, 1.54) is 6.92 Å². The van der Waals surface area contributed by atoms with E-state index in [0.29, 0.717) is 12.2 Å². The molecule has 0 amide bonds. The molecule has 0 fully saturated rings. The largest absolute Gasteiger partial charge is 0.462 e. The van der Waals surface area contributed by atoms with Gasteiger partial charge in [0.2, 0.25) is 0 Å². The molecule has 0 saturated heterocycles. The Morgan fingerprint density at radius 3 is 2.59 bits per heavy atom. The number of hydrogen-bond donors (Lipinski definition) is 0. The maximum atomic E-state index is 11.7. The lowest BCUT2D eigenvalue weighted by molar-refractivity contribution is -0.116. The summed E-state index contributed by atoms with van der Waals surface area (Å²) < 4.78 is 4.96. The van der Waals surface area contributed by atoms with Crippen LogP contribution in [-0.4, -0.2) is 18.4 Å². The van der Waals surface area contributed by atoms with Gasteiger partial charge in [-0.05, 0) is 38.0 Å². The number of halogens is 1. The van der Waals surface area contributed by atoms with Crippen molar-refractivity contribution in [3.63, 3.8) is 0 Å². The lowest BCUT2D eigenvalue weighted by atomic mass is 9.99. The summed E-state index contributed by atoms with van der Waals surface area (Å²) in [7, 11) is 0. The molecule has 1 unspecified atom stereocenters. The molecule has 1 rings (SSSR count). The molecule has 0 aliphatic carbocycles. The first-order valence-electron chi connectivity index (χ1n) is 5.40. The van der Waals surface area contributed by atoms with Gasteiger partial charge in [0.15, 0.2) is 0 Å². The number of esters is 1. The van der Waals surface area contributed by atoms with Crippen molar-refractivity contribution in [2.75, 3.05) is 6.61 Å². The number of hydrogen-bond acceptors (Lipinski definition) is 3. The van der Waals surface area contributed by atoms with Crippen LogP contribution in [0.2, 0.25) is 0 Å². The Bertz CT molecular complexity index is 440. The van der Waals surface area contributed by atoms with Crippen molar-refractivity contribution < 1.29 is 14.3 Å². The first kappa shape index (κ1) is 13.9. The molecule has 1 atom stereocenters. The Labute approximate surface area is 109 Å². The molecule has 0 radical (unpaired) electrons. The van der Waals surface area contributed by atoms with Crippen molar-refractivity contribution in [2.45, 2.75) is 25.6 Å². The minimum absolute atomic E-state index is 0.00843. The third-order valence-corrected chi connectivity index (χ3v) is 3.64. The van der Waals surface area contributed by atoms with Crippen molar-refractivity contribution in [3.8, 4) is 0 Å². The summed E-state index contributed by atoms with van der Waals surface area (Å²) in [6, 6.07) is 5.29. The standard InChI is InChI=1S/C13H15BrO3/c1-4-17-13(16)11-7-5-6-10(8(11)2)12(14)9(3)15/h5-7,12H,4H2,1-3H3. The highest BCUT2D eigenvalue weighted by Gasteiger charge is 2.19. The van der Waals surface area contributed by atoms with Crippen LogP contribution in [0.3, 0.4) is 0 Å². The molecule has 92 valence electrons. The maximum absolute atomic E-state index is 11.7. The van der Waals surface area contributed by atoms with E-state index in [9.17, 15) is 9.59 Å². The van der Waals surface area contributed by atoms with Crippen LogP contribution in [0.5, 0.6) is 0 Å². The van der Waals surface area contributed by atoms with Gasteiger partial charge < -0.3 is 4.74 Å². The zero-order chi connectivity index (χ0) is 13.0. The van der Waals surface area contributed by atoms with Gasteiger partial charge in [0.25, 0.3) is 0 Å². The number of carbonyl (C=O) groups excluding carboxylic acids is 2. The molecule has 0 aromatic heterocycles. The minimum atomic E-state index is -0.378. The van der Waals surface area contributed by atoms with Gasteiger partial charge in [-0.25, -0.2) is 4.79 Å². The van der Waals surface area contributed by atoms with E-state index in [2.05, 4.69) is 15.9 Å². The predicted octanol–water partition coefficient (Wildman–Crippen LogP) is 3.20. The second-order valence-electron chi connectivity index (χ2n) is 3.71. The van der Waals surface area contributed by atoms with Crippen LogP contribution >= 0.6 is 15.9 Å². The molecule has 0 spiro atoms. The average molecular weight is 299 g/mol. The van der Waals surface area contributed by atoms with Crippen molar-refractivity contribution in [2.24, 2.45) is 0 Å². The van der Waals surface area contributed by atoms with Gasteiger partial charge in [-0.3, -0.25) is 4.79 Å². The molecule has 0 bridgehead atoms. The van der Waals surface area contributed by atoms with E-state index in [1.807, 2.05) is 13.0 Å². The van der Waals surface area contributed by atoms with Crippen LogP contribution in [0.4, 0.5) is 0 Å². The Morgan fingerprint density at radius 2 is 2.06 bits per heavy atom. The molecular formula is C13H15BrO3. The fourth-order valence-corrected chi connectivity index (χ4v) is 2.07. The lowest BCUT2D eigenvalue weighted by Crippen LogP contribution is -2.10. The van der Waals surface area contributed by atoms with Crippen LogP contribution in [0.1, 0.15) is 40.2 Å². The molecule has 4 heteroatoms. The van der Waals surface area contributed by atoms with Crippen LogP contribution in [0.15, 0.2) is 18.2 Å². The summed E-state index contributed by atoms with van der Waals surface area (Å²) in [5.74, 6) is -0.343. The summed E-state index contributed by atoms with van der Waals surface area (Å²) in [5, 5.41) is 0. The highest BCUT2D eigenvalue weighted by molar-refractivity contribution is 9.09. The number of carbonyl (C=O) groups is 2. The third-order valence-electron chi connectivity index (χ3n) is 2.50. The third kappa shape index (κ3) is 3.16. The van der Waals surface area contributed by atoms with Gasteiger partial charge in [0, 0.05) is 0 Å². The lowest BCUT2D eigenvalue weighted by Gasteiger charge is -2.13. The molecule has 0 N–H and O–H groups in total. The highest BCUT2D eigenvalue weighted by atomic mass is 79.9. The number of alkyl halides is 1. The average Bonchev–Trinajstić information content (AvgIpc) is 2.28. The molecule has 0 aliphatic heterocycles. The van der Waals surface area contributed by atoms with E-state index < -0.39 is 0 Å². The number of ketones is 1. The summed E-state index contributed by atoms with van der Waals surface area (Å²) in [6.45, 7) is 5.43. The van der Waals surface area contributed by atoms with Gasteiger partial charge >= 0.3 is 5.97 Å². The van der Waals surface area contributed by atoms with Gasteiger partial charge in [-0.15, -0.1) is 0 Å². The molecular weight excluding hydrogens is 284 g/mol. The van der Waals surface area contributed by atoms with E-state index in [1.54, 1.807) is 19.1 Å². The molecule has 0 aliphatic rings. The van der Waals surface area contributed by atoms with Crippen LogP contribution < -0.4 is 0 Å². The Balaban J connectivity index is 3.15. The fraction of sp³-hybridized carbons (Fsp3) is 0.385. The monoisotopic (exact) mass is 298 g/mol. The normalized spacial score (nSPS) is 12.0. The van der Waals surface area contributed by atoms with E-state index >= 15 is 0 Å². The summed E-state index contributed by atoms with van der Waals surface area (Å²) in [6.07, 6.45) is 0. The summed E-state index contributed by atoms with van der Waals surface area (Å²) in [5.41, 5.74) is 2.10. The molecule has 0 saturated carbocycles. The maximum Gasteiger partial charge on any atom is 0.338 e. The number of rotatable bonds is 4. The van der Waals surface area contributed by atoms with Crippen molar-refractivity contribution in [1.82, 2.24) is 0 Å². The van der Waals surface area contributed by atoms with Crippen LogP contribution in [0, 0.1) is 6.92 Å². The molecule has 17 heavy (non-hydrogen) atoms. The number of benzene rings is 1. The first-order chi connectivity index (χ1) is 7.99. The van der Waals surface area contributed by atoms with Crippen molar-refractivity contribution in [1.29, 1.82) is 0 Å². The smallest absolute Gasteiger partial charge is 0.338 e. The zero-order valence-corrected chi connectivity index (χ0v) is 11.7. The topological polar surface area (TPSA) is 43.4 Å². The Morgan fingerprint density at radius 1 is 1.41 bits per heavy atom. The Kier molecular flexibility index (Phi) is 4.87. The second-order valence-corrected chi connectivity index (χ2v) is 4.63. The first-order valence-corrected chi connectivity index (χ1v) is 6.31. The number of ether oxygens (including phenoxy) is 1. The fourth-order valence-electron chi connectivity index (χ4n) is 1.58. The Hall–Kier alpha value is -1.16. The van der Waals surface area contributed by atoms with Crippen molar-refractivity contribution in [3.05, 3.63) is 34.9 Å². The van der Waals surface area contributed by atoms with E-state index in [0.717, 1.165) is 11.1 Å². The molecule has 0 heterocycles. The summed E-state index contributed by atoms with van der Waals surface area (Å²) in [4.78, 5) is 22.7. The molecule has 3 nitrogen and oxygen atoms in total. The highest BCUT2D eigenvalue weighted by Crippen LogP contribution is 2.28. The van der Waals surface area contributed by atoms with Gasteiger partial charge in [0.05, 0.1) is 17.0 Å². The van der Waals surface area contributed by atoms with Crippen LogP contribution in [-0.2, 0) is 9.53 Å². The predicted molar refractivity (Wildman–Crippen MR) is 69.5 cm³/mol. The summed E-state index contributed by atoms with van der Waals surface area (Å²) >= 11 is 3.32. The van der Waals surface area contributed by atoms with Crippen molar-refractivity contribution >= 4 is 27.7 Å². The second kappa shape index (κ2) is 5.96. The minimum Gasteiger partial charge on any atom is -0.462 e. The van der Waals surface area contributed by atoms with Crippen LogP contribution in [0.25, 0.3) is 0 Å². The quantitative estimate of drug-likeness (QED) is 0.633. The number of Topliss-reactive ketones (excluding diaryl/α,β-unsaturated/α-hetero) is 1. The van der Waals surface area contributed by atoms with E-state index in [-0.39, 0.29) is 16.6 Å². The van der Waals surface area contributed by atoms with Gasteiger partial charge in [-0.2, -0.15) is 0 Å². The molecule has 1 aromatic rings.